The van der Waals surface area contributed by atoms with Gasteiger partial charge < -0.3 is 24.6 Å². The molecule has 160 valence electrons. The third-order valence-electron chi connectivity index (χ3n) is 4.87. The molecule has 1 aliphatic rings. The molecule has 2 aromatic carbocycles. The fourth-order valence-corrected chi connectivity index (χ4v) is 3.18. The Morgan fingerprint density at radius 2 is 1.97 bits per heavy atom. The van der Waals surface area contributed by atoms with Crippen molar-refractivity contribution < 1.29 is 23.6 Å². The number of methoxy groups -OCH3 is 1. The van der Waals surface area contributed by atoms with Gasteiger partial charge in [0, 0.05) is 24.7 Å². The fourth-order valence-electron chi connectivity index (χ4n) is 3.18. The average molecular weight is 422 g/mol. The molecular formula is C22H22N4O5. The number of carbonyl (C=O) groups is 2. The minimum absolute atomic E-state index is 0.00883. The predicted molar refractivity (Wildman–Crippen MR) is 111 cm³/mol. The van der Waals surface area contributed by atoms with Crippen molar-refractivity contribution in [2.45, 2.75) is 25.9 Å². The van der Waals surface area contributed by atoms with Crippen LogP contribution in [-0.4, -0.2) is 35.6 Å². The van der Waals surface area contributed by atoms with E-state index in [2.05, 4.69) is 20.8 Å². The number of benzene rings is 2. The lowest BCUT2D eigenvalue weighted by atomic mass is 10.0. The van der Waals surface area contributed by atoms with Crippen LogP contribution in [0.25, 0.3) is 0 Å². The van der Waals surface area contributed by atoms with E-state index in [4.69, 9.17) is 14.0 Å². The minimum atomic E-state index is -0.441. The molecule has 0 atom stereocenters. The van der Waals surface area contributed by atoms with Gasteiger partial charge in [-0.1, -0.05) is 23.4 Å². The normalized spacial score (nSPS) is 12.6. The summed E-state index contributed by atoms with van der Waals surface area (Å²) in [4.78, 5) is 27.8. The second kappa shape index (κ2) is 9.29. The van der Waals surface area contributed by atoms with Crippen molar-refractivity contribution in [2.24, 2.45) is 0 Å². The molecule has 3 aromatic rings. The van der Waals surface area contributed by atoms with Crippen molar-refractivity contribution in [1.29, 1.82) is 0 Å². The van der Waals surface area contributed by atoms with Gasteiger partial charge >= 0.3 is 11.8 Å². The quantitative estimate of drug-likeness (QED) is 0.573. The second-order valence-electron chi connectivity index (χ2n) is 7.03. The van der Waals surface area contributed by atoms with E-state index >= 15 is 0 Å². The number of aryl methyl sites for hydroxylation is 1. The Labute approximate surface area is 178 Å². The molecule has 2 N–H and O–H groups in total. The van der Waals surface area contributed by atoms with Crippen molar-refractivity contribution in [3.63, 3.8) is 0 Å². The highest BCUT2D eigenvalue weighted by atomic mass is 16.5. The van der Waals surface area contributed by atoms with E-state index in [1.807, 2.05) is 36.4 Å². The molecule has 0 fully saturated rings. The van der Waals surface area contributed by atoms with Crippen LogP contribution >= 0.6 is 0 Å². The molecule has 0 aliphatic carbocycles. The summed E-state index contributed by atoms with van der Waals surface area (Å²) in [6, 6.07) is 13.1. The highest BCUT2D eigenvalue weighted by Gasteiger charge is 2.17. The summed E-state index contributed by atoms with van der Waals surface area (Å²) in [7, 11) is 1.62. The van der Waals surface area contributed by atoms with E-state index in [1.165, 1.54) is 0 Å². The van der Waals surface area contributed by atoms with Gasteiger partial charge in [0.25, 0.3) is 0 Å². The zero-order chi connectivity index (χ0) is 21.6. The van der Waals surface area contributed by atoms with Crippen LogP contribution in [0.2, 0.25) is 0 Å². The van der Waals surface area contributed by atoms with Crippen molar-refractivity contribution in [1.82, 2.24) is 15.5 Å². The van der Waals surface area contributed by atoms with Gasteiger partial charge in [-0.2, -0.15) is 4.98 Å². The predicted octanol–water partition coefficient (Wildman–Crippen LogP) is 2.51. The van der Waals surface area contributed by atoms with Crippen molar-refractivity contribution >= 4 is 17.5 Å². The van der Waals surface area contributed by atoms with Gasteiger partial charge in [-0.05, 0) is 42.2 Å². The lowest BCUT2D eigenvalue weighted by Crippen LogP contribution is -2.26. The van der Waals surface area contributed by atoms with E-state index < -0.39 is 5.91 Å². The van der Waals surface area contributed by atoms with Gasteiger partial charge in [0.2, 0.25) is 11.7 Å². The number of ether oxygens (including phenoxy) is 2. The zero-order valence-electron chi connectivity index (χ0n) is 17.0. The summed E-state index contributed by atoms with van der Waals surface area (Å²) < 4.78 is 15.8. The zero-order valence-corrected chi connectivity index (χ0v) is 17.0. The van der Waals surface area contributed by atoms with Gasteiger partial charge in [0.1, 0.15) is 11.5 Å². The second-order valence-corrected chi connectivity index (χ2v) is 7.03. The van der Waals surface area contributed by atoms with Crippen LogP contribution in [0, 0.1) is 0 Å². The van der Waals surface area contributed by atoms with Gasteiger partial charge in [0.15, 0.2) is 6.61 Å². The van der Waals surface area contributed by atoms with Crippen LogP contribution in [0.3, 0.4) is 0 Å². The number of rotatable bonds is 8. The number of nitrogens with zero attached hydrogens (tertiary/aromatic N) is 2. The number of aromatic nitrogens is 2. The molecule has 4 rings (SSSR count). The standard InChI is InChI=1S/C22H22N4O5/c1-29-16-6-2-14(3-7-16)10-11-23-21(28)22-25-19(26-31-22)13-30-17-8-4-15-5-9-20(27)24-18(15)12-17/h2-4,6-8,12H,5,9-11,13H2,1H3,(H,23,28)(H,24,27). The topological polar surface area (TPSA) is 116 Å². The molecule has 0 saturated heterocycles. The summed E-state index contributed by atoms with van der Waals surface area (Å²) in [6.45, 7) is 0.468. The first-order chi connectivity index (χ1) is 15.1. The summed E-state index contributed by atoms with van der Waals surface area (Å²) in [5.41, 5.74) is 2.89. The summed E-state index contributed by atoms with van der Waals surface area (Å²) in [5, 5.41) is 9.36. The fraction of sp³-hybridized carbons (Fsp3) is 0.273. The Morgan fingerprint density at radius 3 is 2.77 bits per heavy atom. The smallest absolute Gasteiger partial charge is 0.316 e. The molecular weight excluding hydrogens is 400 g/mol. The van der Waals surface area contributed by atoms with E-state index in [0.29, 0.717) is 31.6 Å². The molecule has 0 unspecified atom stereocenters. The Hall–Kier alpha value is -3.88. The third-order valence-corrected chi connectivity index (χ3v) is 4.87. The van der Waals surface area contributed by atoms with Crippen LogP contribution in [0.1, 0.15) is 34.1 Å². The summed E-state index contributed by atoms with van der Waals surface area (Å²) in [5.74, 6) is 1.03. The Balaban J connectivity index is 1.26. The maximum absolute atomic E-state index is 12.2. The lowest BCUT2D eigenvalue weighted by Gasteiger charge is -2.17. The Morgan fingerprint density at radius 1 is 1.16 bits per heavy atom. The molecule has 2 heterocycles. The maximum atomic E-state index is 12.2. The van der Waals surface area contributed by atoms with E-state index in [9.17, 15) is 9.59 Å². The van der Waals surface area contributed by atoms with Gasteiger partial charge in [-0.15, -0.1) is 0 Å². The number of hydrogen-bond donors (Lipinski definition) is 2. The summed E-state index contributed by atoms with van der Waals surface area (Å²) in [6.07, 6.45) is 1.86. The number of hydrogen-bond acceptors (Lipinski definition) is 7. The summed E-state index contributed by atoms with van der Waals surface area (Å²) >= 11 is 0. The number of anilines is 1. The number of amides is 2. The molecule has 1 aliphatic heterocycles. The van der Waals surface area contributed by atoms with Crippen LogP contribution in [0.5, 0.6) is 11.5 Å². The molecule has 0 saturated carbocycles. The molecule has 31 heavy (non-hydrogen) atoms. The van der Waals surface area contributed by atoms with Crippen LogP contribution in [-0.2, 0) is 24.2 Å². The molecule has 9 nitrogen and oxygen atoms in total. The number of carbonyl (C=O) groups excluding carboxylic acids is 2. The van der Waals surface area contributed by atoms with E-state index in [1.54, 1.807) is 13.2 Å². The van der Waals surface area contributed by atoms with Crippen LogP contribution in [0.4, 0.5) is 5.69 Å². The number of nitrogens with one attached hydrogen (secondary N) is 2. The number of fused-ring (bicyclic) bond motifs is 1. The first kappa shape index (κ1) is 20.4. The largest absolute Gasteiger partial charge is 0.497 e. The average Bonchev–Trinajstić information content (AvgIpc) is 3.27. The highest BCUT2D eigenvalue weighted by Crippen LogP contribution is 2.27. The van der Waals surface area contributed by atoms with Crippen molar-refractivity contribution in [3.8, 4) is 11.5 Å². The molecule has 0 bridgehead atoms. The molecule has 9 heteroatoms. The van der Waals surface area contributed by atoms with Gasteiger partial charge in [-0.25, -0.2) is 0 Å². The molecule has 1 aromatic heterocycles. The molecule has 2 amide bonds. The highest BCUT2D eigenvalue weighted by molar-refractivity contribution is 5.94. The lowest BCUT2D eigenvalue weighted by molar-refractivity contribution is -0.116. The van der Waals surface area contributed by atoms with Gasteiger partial charge in [-0.3, -0.25) is 9.59 Å². The van der Waals surface area contributed by atoms with Crippen molar-refractivity contribution in [2.75, 3.05) is 19.0 Å². The van der Waals surface area contributed by atoms with E-state index in [0.717, 1.165) is 22.6 Å². The van der Waals surface area contributed by atoms with Crippen LogP contribution < -0.4 is 20.1 Å². The van der Waals surface area contributed by atoms with Gasteiger partial charge in [0.05, 0.1) is 7.11 Å². The van der Waals surface area contributed by atoms with Crippen LogP contribution in [0.15, 0.2) is 47.0 Å². The molecule has 0 radical (unpaired) electrons. The first-order valence-corrected chi connectivity index (χ1v) is 9.90. The van der Waals surface area contributed by atoms with Crippen molar-refractivity contribution in [3.05, 3.63) is 65.3 Å². The molecule has 0 spiro atoms. The maximum Gasteiger partial charge on any atom is 0.316 e. The first-order valence-electron chi connectivity index (χ1n) is 9.90. The van der Waals surface area contributed by atoms with E-state index in [-0.39, 0.29) is 24.2 Å². The third kappa shape index (κ3) is 5.19. The Kier molecular flexibility index (Phi) is 6.11. The minimum Gasteiger partial charge on any atom is -0.497 e. The Bertz CT molecular complexity index is 1080. The monoisotopic (exact) mass is 422 g/mol. The SMILES string of the molecule is COc1ccc(CCNC(=O)c2nc(COc3ccc4c(c3)NC(=O)CC4)no2)cc1.